The van der Waals surface area contributed by atoms with E-state index in [4.69, 9.17) is 13.6 Å². The largest absolute Gasteiger partial charge is 0.497 e. The van der Waals surface area contributed by atoms with Crippen LogP contribution in [-0.2, 0) is 5.54 Å². The highest BCUT2D eigenvalue weighted by Crippen LogP contribution is 2.49. The molecule has 1 amide bonds. The van der Waals surface area contributed by atoms with E-state index in [-0.39, 0.29) is 18.6 Å². The van der Waals surface area contributed by atoms with Crippen molar-refractivity contribution in [2.75, 3.05) is 27.2 Å². The summed E-state index contributed by atoms with van der Waals surface area (Å²) in [5, 5.41) is 4.29. The van der Waals surface area contributed by atoms with Crippen LogP contribution in [0.1, 0.15) is 50.6 Å². The van der Waals surface area contributed by atoms with Gasteiger partial charge in [-0.3, -0.25) is 14.7 Å². The van der Waals surface area contributed by atoms with E-state index in [2.05, 4.69) is 16.4 Å². The SMILES string of the molecule is [2H]C([2H])([2H])N1CCC1COc1ccc(C)c(C(=O)NC2(c3cc(OC)cc4nc(C)ccc34)CC2)c1. The van der Waals surface area contributed by atoms with Crippen LogP contribution in [0.4, 0.5) is 0 Å². The highest BCUT2D eigenvalue weighted by atomic mass is 16.5. The summed E-state index contributed by atoms with van der Waals surface area (Å²) in [5.41, 5.74) is 3.69. The first-order chi connectivity index (χ1) is 17.1. The van der Waals surface area contributed by atoms with Crippen LogP contribution in [-0.4, -0.2) is 49.1 Å². The van der Waals surface area contributed by atoms with Gasteiger partial charge in [0.05, 0.1) is 18.2 Å². The summed E-state index contributed by atoms with van der Waals surface area (Å²) in [6.45, 7) is 2.56. The lowest BCUT2D eigenvalue weighted by Crippen LogP contribution is -2.48. The first-order valence-electron chi connectivity index (χ1n) is 12.9. The van der Waals surface area contributed by atoms with Gasteiger partial charge in [-0.05, 0) is 82.0 Å². The van der Waals surface area contributed by atoms with Crippen molar-refractivity contribution >= 4 is 16.8 Å². The Morgan fingerprint density at radius 3 is 2.76 bits per heavy atom. The number of benzene rings is 2. The fraction of sp³-hybridized carbons (Fsp3) is 0.407. The lowest BCUT2D eigenvalue weighted by atomic mass is 9.97. The normalized spacial score (nSPS) is 20.8. The molecule has 1 aliphatic carbocycles. The number of methoxy groups -OCH3 is 1. The Morgan fingerprint density at radius 2 is 2.06 bits per heavy atom. The molecule has 5 rings (SSSR count). The first-order valence-corrected chi connectivity index (χ1v) is 11.4. The van der Waals surface area contributed by atoms with Crippen molar-refractivity contribution in [1.82, 2.24) is 15.2 Å². The van der Waals surface area contributed by atoms with E-state index >= 15 is 0 Å². The molecule has 1 saturated carbocycles. The number of aromatic nitrogens is 1. The highest BCUT2D eigenvalue weighted by Gasteiger charge is 2.47. The van der Waals surface area contributed by atoms with E-state index < -0.39 is 12.5 Å². The molecule has 2 aromatic carbocycles. The predicted molar refractivity (Wildman–Crippen MR) is 129 cm³/mol. The van der Waals surface area contributed by atoms with Crippen LogP contribution in [0, 0.1) is 13.8 Å². The van der Waals surface area contributed by atoms with Crippen molar-refractivity contribution in [3.8, 4) is 11.5 Å². The summed E-state index contributed by atoms with van der Waals surface area (Å²) in [5.74, 6) is 1.10. The Hall–Kier alpha value is -3.12. The van der Waals surface area contributed by atoms with Crippen molar-refractivity contribution in [1.29, 1.82) is 0 Å². The third-order valence-corrected chi connectivity index (χ3v) is 6.81. The molecule has 1 aliphatic heterocycles. The van der Waals surface area contributed by atoms with Crippen molar-refractivity contribution in [2.24, 2.45) is 0 Å². The molecule has 33 heavy (non-hydrogen) atoms. The van der Waals surface area contributed by atoms with E-state index in [1.165, 1.54) is 4.90 Å². The number of carbonyl (C=O) groups is 1. The van der Waals surface area contributed by atoms with E-state index in [0.29, 0.717) is 23.6 Å². The third kappa shape index (κ3) is 4.15. The van der Waals surface area contributed by atoms with Crippen LogP contribution < -0.4 is 14.8 Å². The molecular weight excluding hydrogens is 414 g/mol. The second kappa shape index (κ2) is 8.34. The molecule has 1 saturated heterocycles. The number of nitrogens with zero attached hydrogens (tertiary/aromatic N) is 2. The minimum atomic E-state index is -2.11. The molecule has 0 radical (unpaired) electrons. The number of hydrogen-bond donors (Lipinski definition) is 1. The van der Waals surface area contributed by atoms with Gasteiger partial charge in [-0.15, -0.1) is 0 Å². The van der Waals surface area contributed by atoms with Crippen LogP contribution in [0.25, 0.3) is 10.9 Å². The zero-order chi connectivity index (χ0) is 25.7. The fourth-order valence-electron chi connectivity index (χ4n) is 4.44. The highest BCUT2D eigenvalue weighted by molar-refractivity contribution is 5.97. The molecule has 2 aliphatic rings. The maximum atomic E-state index is 13.5. The van der Waals surface area contributed by atoms with Crippen molar-refractivity contribution < 1.29 is 18.4 Å². The summed E-state index contributed by atoms with van der Waals surface area (Å²) in [6.07, 6.45) is 2.44. The number of amides is 1. The lowest BCUT2D eigenvalue weighted by Gasteiger charge is -2.37. The molecule has 0 bridgehead atoms. The summed E-state index contributed by atoms with van der Waals surface area (Å²) in [7, 11) is 1.63. The Balaban J connectivity index is 1.36. The molecule has 6 heteroatoms. The van der Waals surface area contributed by atoms with Crippen molar-refractivity contribution in [3.05, 3.63) is 64.8 Å². The molecule has 6 nitrogen and oxygen atoms in total. The first kappa shape index (κ1) is 18.3. The van der Waals surface area contributed by atoms with E-state index in [0.717, 1.165) is 47.0 Å². The molecular formula is C27H31N3O3. The molecule has 1 N–H and O–H groups in total. The smallest absolute Gasteiger partial charge is 0.252 e. The quantitative estimate of drug-likeness (QED) is 0.582. The molecule has 2 fully saturated rings. The number of fused-ring (bicyclic) bond motifs is 1. The van der Waals surface area contributed by atoms with Gasteiger partial charge >= 0.3 is 0 Å². The Bertz CT molecular complexity index is 1320. The molecule has 3 aromatic rings. The summed E-state index contributed by atoms with van der Waals surface area (Å²) in [4.78, 5) is 19.6. The van der Waals surface area contributed by atoms with Gasteiger partial charge in [0, 0.05) is 32.9 Å². The Morgan fingerprint density at radius 1 is 1.21 bits per heavy atom. The number of pyridine rings is 1. The minimum absolute atomic E-state index is 0.149. The van der Waals surface area contributed by atoms with Crippen LogP contribution in [0.15, 0.2) is 42.5 Å². The number of ether oxygens (including phenoxy) is 2. The molecule has 0 spiro atoms. The van der Waals surface area contributed by atoms with Crippen LogP contribution in [0.3, 0.4) is 0 Å². The van der Waals surface area contributed by atoms with Crippen LogP contribution in [0.2, 0.25) is 0 Å². The summed E-state index contributed by atoms with van der Waals surface area (Å²) in [6, 6.07) is 13.2. The zero-order valence-corrected chi connectivity index (χ0v) is 19.3. The van der Waals surface area contributed by atoms with Crippen molar-refractivity contribution in [3.63, 3.8) is 0 Å². The molecule has 1 aromatic heterocycles. The molecule has 2 heterocycles. The Kier molecular flexibility index (Phi) is 4.63. The Labute approximate surface area is 199 Å². The van der Waals surface area contributed by atoms with Crippen molar-refractivity contribution in [2.45, 2.75) is 44.7 Å². The number of carbonyl (C=O) groups excluding carboxylic acids is 1. The van der Waals surface area contributed by atoms with E-state index in [1.807, 2.05) is 44.2 Å². The third-order valence-electron chi connectivity index (χ3n) is 6.81. The second-order valence-corrected chi connectivity index (χ2v) is 9.15. The van der Waals surface area contributed by atoms with E-state index in [9.17, 15) is 4.79 Å². The molecule has 1 atom stereocenters. The van der Waals surface area contributed by atoms with Gasteiger partial charge in [0.2, 0.25) is 0 Å². The fourth-order valence-corrected chi connectivity index (χ4v) is 4.44. The zero-order valence-electron chi connectivity index (χ0n) is 22.3. The summed E-state index contributed by atoms with van der Waals surface area (Å²) >= 11 is 0. The number of rotatable bonds is 7. The van der Waals surface area contributed by atoms with Crippen LogP contribution in [0.5, 0.6) is 11.5 Å². The van der Waals surface area contributed by atoms with Gasteiger partial charge in [-0.2, -0.15) is 0 Å². The average molecular weight is 449 g/mol. The van der Waals surface area contributed by atoms with Gasteiger partial charge in [0.25, 0.3) is 5.91 Å². The van der Waals surface area contributed by atoms with Gasteiger partial charge < -0.3 is 14.8 Å². The summed E-state index contributed by atoms with van der Waals surface area (Å²) < 4.78 is 34.3. The number of aryl methyl sites for hydroxylation is 2. The van der Waals surface area contributed by atoms with Gasteiger partial charge in [0.15, 0.2) is 0 Å². The van der Waals surface area contributed by atoms with Gasteiger partial charge in [-0.1, -0.05) is 12.1 Å². The minimum Gasteiger partial charge on any atom is -0.497 e. The topological polar surface area (TPSA) is 63.7 Å². The average Bonchev–Trinajstić information content (AvgIpc) is 3.57. The van der Waals surface area contributed by atoms with Gasteiger partial charge in [0.1, 0.15) is 18.1 Å². The number of likely N-dealkylation sites (tertiary alicyclic amines) is 1. The van der Waals surface area contributed by atoms with Gasteiger partial charge in [-0.25, -0.2) is 0 Å². The molecule has 172 valence electrons. The standard InChI is InChI=1S/C27H31N3O3/c1-17-5-7-20(33-16-19-9-12-30(19)3)13-23(17)26(31)29-27(10-11-27)24-14-21(32-4)15-25-22(24)8-6-18(2)28-25/h5-8,13-15,19H,9-12,16H2,1-4H3,(H,29,31)/i3D3. The molecule has 1 unspecified atom stereocenters. The number of nitrogens with one attached hydrogen (secondary N) is 1. The lowest BCUT2D eigenvalue weighted by molar-refractivity contribution is 0.0767. The maximum absolute atomic E-state index is 13.5. The predicted octanol–water partition coefficient (Wildman–Crippen LogP) is 4.36. The number of likely N-dealkylation sites (N-methyl/N-ethyl adjacent to an activating group) is 1. The van der Waals surface area contributed by atoms with E-state index in [1.54, 1.807) is 13.2 Å². The second-order valence-electron chi connectivity index (χ2n) is 9.15. The van der Waals surface area contributed by atoms with Crippen LogP contribution >= 0.6 is 0 Å². The maximum Gasteiger partial charge on any atom is 0.252 e. The monoisotopic (exact) mass is 448 g/mol. The number of hydrogen-bond acceptors (Lipinski definition) is 5.